The number of carboxylic acids is 1. The summed E-state index contributed by atoms with van der Waals surface area (Å²) in [5, 5.41) is 8.98. The molecule has 0 aromatic heterocycles. The van der Waals surface area contributed by atoms with Crippen molar-refractivity contribution in [3.05, 3.63) is 0 Å². The first kappa shape index (κ1) is 13.5. The van der Waals surface area contributed by atoms with Crippen LogP contribution < -0.4 is 0 Å². The SMILES string of the molecule is CC(C)(C)OC(=O)N1CC(=O)CCC1C(=O)O. The number of rotatable bonds is 1. The quantitative estimate of drug-likeness (QED) is 0.743. The van der Waals surface area contributed by atoms with Gasteiger partial charge in [-0.1, -0.05) is 0 Å². The van der Waals surface area contributed by atoms with Gasteiger partial charge in [0.05, 0.1) is 6.54 Å². The second kappa shape index (κ2) is 4.73. The predicted octanol–water partition coefficient (Wildman–Crippen LogP) is 1.04. The molecule has 1 amide bonds. The number of ketones is 1. The van der Waals surface area contributed by atoms with E-state index in [0.717, 1.165) is 4.90 Å². The van der Waals surface area contributed by atoms with Crippen molar-refractivity contribution in [2.75, 3.05) is 6.54 Å². The van der Waals surface area contributed by atoms with Crippen LogP contribution in [0, 0.1) is 0 Å². The molecule has 1 atom stereocenters. The first-order valence-corrected chi connectivity index (χ1v) is 5.45. The van der Waals surface area contributed by atoms with E-state index in [9.17, 15) is 14.4 Å². The molecule has 0 bridgehead atoms. The number of carboxylic acid groups (broad SMARTS) is 1. The van der Waals surface area contributed by atoms with Crippen molar-refractivity contribution in [2.24, 2.45) is 0 Å². The highest BCUT2D eigenvalue weighted by atomic mass is 16.6. The smallest absolute Gasteiger partial charge is 0.411 e. The van der Waals surface area contributed by atoms with Crippen molar-refractivity contribution in [3.63, 3.8) is 0 Å². The molecule has 0 spiro atoms. The van der Waals surface area contributed by atoms with Crippen molar-refractivity contribution in [1.82, 2.24) is 4.90 Å². The minimum Gasteiger partial charge on any atom is -0.480 e. The molecule has 0 radical (unpaired) electrons. The molecule has 0 saturated carbocycles. The van der Waals surface area contributed by atoms with E-state index in [4.69, 9.17) is 9.84 Å². The number of ether oxygens (including phenoxy) is 1. The fraction of sp³-hybridized carbons (Fsp3) is 0.727. The summed E-state index contributed by atoms with van der Waals surface area (Å²) in [7, 11) is 0. The largest absolute Gasteiger partial charge is 0.480 e. The zero-order valence-electron chi connectivity index (χ0n) is 10.2. The van der Waals surface area contributed by atoms with Crippen LogP contribution in [0.25, 0.3) is 0 Å². The molecule has 1 rings (SSSR count). The lowest BCUT2D eigenvalue weighted by atomic mass is 10.0. The Hall–Kier alpha value is -1.59. The first-order chi connectivity index (χ1) is 7.70. The van der Waals surface area contributed by atoms with Crippen molar-refractivity contribution < 1.29 is 24.2 Å². The van der Waals surface area contributed by atoms with Gasteiger partial charge in [0.25, 0.3) is 0 Å². The number of piperidine rings is 1. The Morgan fingerprint density at radius 2 is 2.00 bits per heavy atom. The van der Waals surface area contributed by atoms with Crippen LogP contribution in [-0.4, -0.2) is 46.0 Å². The van der Waals surface area contributed by atoms with Crippen LogP contribution in [-0.2, 0) is 14.3 Å². The van der Waals surface area contributed by atoms with Gasteiger partial charge in [0.1, 0.15) is 11.6 Å². The van der Waals surface area contributed by atoms with E-state index >= 15 is 0 Å². The Kier molecular flexibility index (Phi) is 3.75. The minimum absolute atomic E-state index is 0.145. The number of aliphatic carboxylic acids is 1. The summed E-state index contributed by atoms with van der Waals surface area (Å²) in [6.45, 7) is 4.87. The monoisotopic (exact) mass is 243 g/mol. The summed E-state index contributed by atoms with van der Waals surface area (Å²) in [6, 6.07) is -0.970. The molecule has 0 aliphatic carbocycles. The van der Waals surface area contributed by atoms with Crippen molar-refractivity contribution in [2.45, 2.75) is 45.3 Å². The van der Waals surface area contributed by atoms with Gasteiger partial charge >= 0.3 is 12.1 Å². The van der Waals surface area contributed by atoms with Gasteiger partial charge in [-0.15, -0.1) is 0 Å². The molecule has 6 nitrogen and oxygen atoms in total. The second-order valence-electron chi connectivity index (χ2n) is 5.04. The molecule has 1 saturated heterocycles. The van der Waals surface area contributed by atoms with E-state index in [-0.39, 0.29) is 25.2 Å². The number of carbonyl (C=O) groups excluding carboxylic acids is 2. The summed E-state index contributed by atoms with van der Waals surface area (Å²) in [5.74, 6) is -1.25. The fourth-order valence-corrected chi connectivity index (χ4v) is 1.60. The van der Waals surface area contributed by atoms with Crippen LogP contribution in [0.15, 0.2) is 0 Å². The lowest BCUT2D eigenvalue weighted by Gasteiger charge is -2.33. The van der Waals surface area contributed by atoms with Crippen LogP contribution >= 0.6 is 0 Å². The van der Waals surface area contributed by atoms with Gasteiger partial charge in [0, 0.05) is 6.42 Å². The molecule has 1 N–H and O–H groups in total. The van der Waals surface area contributed by atoms with E-state index in [1.807, 2.05) is 0 Å². The second-order valence-corrected chi connectivity index (χ2v) is 5.04. The Morgan fingerprint density at radius 3 is 2.47 bits per heavy atom. The van der Waals surface area contributed by atoms with E-state index in [1.54, 1.807) is 20.8 Å². The number of carbonyl (C=O) groups is 3. The lowest BCUT2D eigenvalue weighted by Crippen LogP contribution is -2.52. The summed E-state index contributed by atoms with van der Waals surface area (Å²) >= 11 is 0. The van der Waals surface area contributed by atoms with Crippen LogP contribution in [0.1, 0.15) is 33.6 Å². The van der Waals surface area contributed by atoms with Gasteiger partial charge in [-0.05, 0) is 27.2 Å². The summed E-state index contributed by atoms with van der Waals surface area (Å²) in [4.78, 5) is 35.0. The number of hydrogen-bond donors (Lipinski definition) is 1. The minimum atomic E-state index is -1.11. The molecule has 1 heterocycles. The fourth-order valence-electron chi connectivity index (χ4n) is 1.60. The molecule has 0 aromatic rings. The van der Waals surface area contributed by atoms with Crippen LogP contribution in [0.4, 0.5) is 4.79 Å². The molecule has 96 valence electrons. The zero-order chi connectivity index (χ0) is 13.2. The highest BCUT2D eigenvalue weighted by molar-refractivity contribution is 5.90. The van der Waals surface area contributed by atoms with Gasteiger partial charge < -0.3 is 9.84 Å². The van der Waals surface area contributed by atoms with E-state index < -0.39 is 23.7 Å². The molecule has 6 heteroatoms. The molecular weight excluding hydrogens is 226 g/mol. The third-order valence-corrected chi connectivity index (χ3v) is 2.33. The number of nitrogens with zero attached hydrogens (tertiary/aromatic N) is 1. The maximum absolute atomic E-state index is 11.8. The highest BCUT2D eigenvalue weighted by Crippen LogP contribution is 2.18. The standard InChI is InChI=1S/C11H17NO5/c1-11(2,3)17-10(16)12-6-7(13)4-5-8(12)9(14)15/h8H,4-6H2,1-3H3,(H,14,15). The van der Waals surface area contributed by atoms with Gasteiger partial charge in [-0.3, -0.25) is 9.69 Å². The molecule has 1 fully saturated rings. The number of hydrogen-bond acceptors (Lipinski definition) is 4. The Bertz CT molecular complexity index is 344. The number of amides is 1. The Labute approximate surface area is 99.5 Å². The zero-order valence-corrected chi connectivity index (χ0v) is 10.2. The van der Waals surface area contributed by atoms with Crippen LogP contribution in [0.3, 0.4) is 0 Å². The summed E-state index contributed by atoms with van der Waals surface area (Å²) in [6.07, 6.45) is -0.415. The molecule has 1 aliphatic rings. The third kappa shape index (κ3) is 3.72. The highest BCUT2D eigenvalue weighted by Gasteiger charge is 2.37. The van der Waals surface area contributed by atoms with Gasteiger partial charge in [-0.25, -0.2) is 9.59 Å². The molecule has 17 heavy (non-hydrogen) atoms. The lowest BCUT2D eigenvalue weighted by molar-refractivity contribution is -0.145. The van der Waals surface area contributed by atoms with Crippen molar-refractivity contribution >= 4 is 17.8 Å². The van der Waals surface area contributed by atoms with Crippen molar-refractivity contribution in [1.29, 1.82) is 0 Å². The van der Waals surface area contributed by atoms with Crippen LogP contribution in [0.5, 0.6) is 0 Å². The summed E-state index contributed by atoms with van der Waals surface area (Å²) < 4.78 is 5.08. The number of Topliss-reactive ketones (excluding diaryl/α,β-unsaturated/α-hetero) is 1. The maximum atomic E-state index is 11.8. The molecule has 0 aromatic carbocycles. The third-order valence-electron chi connectivity index (χ3n) is 2.33. The molecule has 1 unspecified atom stereocenters. The van der Waals surface area contributed by atoms with E-state index in [0.29, 0.717) is 0 Å². The maximum Gasteiger partial charge on any atom is 0.411 e. The Morgan fingerprint density at radius 1 is 1.41 bits per heavy atom. The van der Waals surface area contributed by atoms with Crippen molar-refractivity contribution in [3.8, 4) is 0 Å². The van der Waals surface area contributed by atoms with Gasteiger partial charge in [0.15, 0.2) is 5.78 Å². The molecular formula is C11H17NO5. The average Bonchev–Trinajstić information content (AvgIpc) is 2.14. The normalized spacial score (nSPS) is 21.2. The number of likely N-dealkylation sites (tertiary alicyclic amines) is 1. The Balaban J connectivity index is 2.79. The van der Waals surface area contributed by atoms with Gasteiger partial charge in [0.2, 0.25) is 0 Å². The topological polar surface area (TPSA) is 83.9 Å². The molecule has 1 aliphatic heterocycles. The summed E-state index contributed by atoms with van der Waals surface area (Å²) in [5.41, 5.74) is -0.708. The van der Waals surface area contributed by atoms with Crippen LogP contribution in [0.2, 0.25) is 0 Å². The van der Waals surface area contributed by atoms with Gasteiger partial charge in [-0.2, -0.15) is 0 Å². The average molecular weight is 243 g/mol. The predicted molar refractivity (Wildman–Crippen MR) is 58.6 cm³/mol. The first-order valence-electron chi connectivity index (χ1n) is 5.45. The van der Waals surface area contributed by atoms with E-state index in [2.05, 4.69) is 0 Å². The van der Waals surface area contributed by atoms with E-state index in [1.165, 1.54) is 0 Å².